The van der Waals surface area contributed by atoms with Crippen molar-refractivity contribution in [2.75, 3.05) is 0 Å². The number of aryl methyl sites for hydroxylation is 1. The van der Waals surface area contributed by atoms with Gasteiger partial charge in [0.1, 0.15) is 17.1 Å². The number of carboxylic acid groups (broad SMARTS) is 1. The highest BCUT2D eigenvalue weighted by Crippen LogP contribution is 2.21. The van der Waals surface area contributed by atoms with Gasteiger partial charge in [0.25, 0.3) is 0 Å². The molecule has 0 amide bonds. The quantitative estimate of drug-likeness (QED) is 0.801. The summed E-state index contributed by atoms with van der Waals surface area (Å²) in [6.07, 6.45) is 1.41. The maximum absolute atomic E-state index is 11.3. The minimum atomic E-state index is -0.908. The third-order valence-corrected chi connectivity index (χ3v) is 2.95. The van der Waals surface area contributed by atoms with Crippen LogP contribution in [-0.4, -0.2) is 16.6 Å². The first-order valence-corrected chi connectivity index (χ1v) is 5.96. The Morgan fingerprint density at radius 3 is 2.65 bits per heavy atom. The van der Waals surface area contributed by atoms with E-state index < -0.39 is 11.5 Å². The average Bonchev–Trinajstić information content (AvgIpc) is 2.65. The summed E-state index contributed by atoms with van der Waals surface area (Å²) < 4.78 is 5.49. The van der Waals surface area contributed by atoms with Gasteiger partial charge in [-0.1, -0.05) is 13.3 Å². The van der Waals surface area contributed by atoms with Crippen LogP contribution in [0.1, 0.15) is 51.2 Å². The summed E-state index contributed by atoms with van der Waals surface area (Å²) in [5, 5.41) is 12.4. The maximum Gasteiger partial charge on any atom is 0.323 e. The molecule has 0 aromatic carbocycles. The molecule has 1 heterocycles. The zero-order chi connectivity index (χ0) is 13.1. The highest BCUT2D eigenvalue weighted by molar-refractivity contribution is 5.78. The minimum Gasteiger partial charge on any atom is -0.480 e. The van der Waals surface area contributed by atoms with Gasteiger partial charge in [-0.05, 0) is 39.3 Å². The fraction of sp³-hybridized carbons (Fsp3) is 0.615. The van der Waals surface area contributed by atoms with Crippen molar-refractivity contribution >= 4 is 5.97 Å². The molecule has 1 aromatic rings. The SMILES string of the molecule is CCCC(C)(NC(C)c1ccc(C)o1)C(=O)O. The maximum atomic E-state index is 11.3. The molecule has 1 aromatic heterocycles. The lowest BCUT2D eigenvalue weighted by Gasteiger charge is -2.29. The number of hydrogen-bond donors (Lipinski definition) is 2. The molecule has 2 N–H and O–H groups in total. The van der Waals surface area contributed by atoms with Crippen molar-refractivity contribution in [3.63, 3.8) is 0 Å². The molecule has 0 bridgehead atoms. The normalized spacial score (nSPS) is 16.5. The third kappa shape index (κ3) is 3.33. The predicted octanol–water partition coefficient (Wildman–Crippen LogP) is 2.88. The second kappa shape index (κ2) is 5.36. The molecule has 0 fully saturated rings. The van der Waals surface area contributed by atoms with Crippen LogP contribution < -0.4 is 5.32 Å². The standard InChI is InChI=1S/C13H21NO3/c1-5-8-13(4,12(15)16)14-10(3)11-7-6-9(2)17-11/h6-7,10,14H,5,8H2,1-4H3,(H,15,16). The Morgan fingerprint density at radius 1 is 1.59 bits per heavy atom. The number of rotatable bonds is 6. The molecule has 0 aliphatic carbocycles. The van der Waals surface area contributed by atoms with Gasteiger partial charge in [0, 0.05) is 0 Å². The van der Waals surface area contributed by atoms with Gasteiger partial charge >= 0.3 is 5.97 Å². The molecule has 0 spiro atoms. The number of hydrogen-bond acceptors (Lipinski definition) is 3. The van der Waals surface area contributed by atoms with Gasteiger partial charge in [-0.2, -0.15) is 0 Å². The second-order valence-electron chi connectivity index (χ2n) is 4.70. The van der Waals surface area contributed by atoms with Gasteiger partial charge in [0.15, 0.2) is 0 Å². The molecule has 2 unspecified atom stereocenters. The Morgan fingerprint density at radius 2 is 2.24 bits per heavy atom. The van der Waals surface area contributed by atoms with Crippen molar-refractivity contribution in [2.24, 2.45) is 0 Å². The number of furan rings is 1. The monoisotopic (exact) mass is 239 g/mol. The van der Waals surface area contributed by atoms with E-state index in [9.17, 15) is 9.90 Å². The zero-order valence-corrected chi connectivity index (χ0v) is 10.9. The van der Waals surface area contributed by atoms with Crippen molar-refractivity contribution in [3.05, 3.63) is 23.7 Å². The van der Waals surface area contributed by atoms with E-state index in [0.29, 0.717) is 6.42 Å². The largest absolute Gasteiger partial charge is 0.480 e. The summed E-state index contributed by atoms with van der Waals surface area (Å²) in [6.45, 7) is 7.48. The first-order chi connectivity index (χ1) is 7.89. The van der Waals surface area contributed by atoms with E-state index in [-0.39, 0.29) is 6.04 Å². The second-order valence-corrected chi connectivity index (χ2v) is 4.70. The molecule has 0 saturated carbocycles. The number of carboxylic acids is 1. The van der Waals surface area contributed by atoms with Gasteiger partial charge in [-0.3, -0.25) is 10.1 Å². The van der Waals surface area contributed by atoms with Crippen molar-refractivity contribution < 1.29 is 14.3 Å². The van der Waals surface area contributed by atoms with E-state index in [4.69, 9.17) is 4.42 Å². The summed E-state index contributed by atoms with van der Waals surface area (Å²) in [6, 6.07) is 3.64. The predicted molar refractivity (Wildman–Crippen MR) is 65.9 cm³/mol. The Hall–Kier alpha value is -1.29. The molecular weight excluding hydrogens is 218 g/mol. The molecule has 4 heteroatoms. The molecule has 0 aliphatic heterocycles. The Labute approximate surface area is 102 Å². The van der Waals surface area contributed by atoms with E-state index in [0.717, 1.165) is 17.9 Å². The van der Waals surface area contributed by atoms with E-state index in [1.54, 1.807) is 6.92 Å². The van der Waals surface area contributed by atoms with Gasteiger partial charge < -0.3 is 9.52 Å². The first-order valence-electron chi connectivity index (χ1n) is 5.96. The van der Waals surface area contributed by atoms with Gasteiger partial charge in [0.2, 0.25) is 0 Å². The lowest BCUT2D eigenvalue weighted by atomic mass is 9.95. The van der Waals surface area contributed by atoms with Crippen LogP contribution in [0.3, 0.4) is 0 Å². The molecule has 0 radical (unpaired) electrons. The van der Waals surface area contributed by atoms with Crippen molar-refractivity contribution in [1.29, 1.82) is 0 Å². The zero-order valence-electron chi connectivity index (χ0n) is 10.9. The molecule has 0 aliphatic rings. The van der Waals surface area contributed by atoms with Gasteiger partial charge in [0.05, 0.1) is 6.04 Å². The van der Waals surface area contributed by atoms with Crippen LogP contribution in [-0.2, 0) is 4.79 Å². The Balaban J connectivity index is 2.77. The van der Waals surface area contributed by atoms with Crippen LogP contribution in [0.15, 0.2) is 16.5 Å². The smallest absolute Gasteiger partial charge is 0.323 e. The topological polar surface area (TPSA) is 62.5 Å². The van der Waals surface area contributed by atoms with Crippen molar-refractivity contribution in [2.45, 2.75) is 52.1 Å². The highest BCUT2D eigenvalue weighted by atomic mass is 16.4. The van der Waals surface area contributed by atoms with E-state index >= 15 is 0 Å². The van der Waals surface area contributed by atoms with Gasteiger partial charge in [-0.15, -0.1) is 0 Å². The molecular formula is C13H21NO3. The number of aliphatic carboxylic acids is 1. The molecule has 1 rings (SSSR count). The highest BCUT2D eigenvalue weighted by Gasteiger charge is 2.34. The van der Waals surface area contributed by atoms with E-state index in [2.05, 4.69) is 5.32 Å². The summed E-state index contributed by atoms with van der Waals surface area (Å²) in [5.74, 6) is 0.779. The average molecular weight is 239 g/mol. The fourth-order valence-corrected chi connectivity index (χ4v) is 1.98. The van der Waals surface area contributed by atoms with Crippen LogP contribution in [0.2, 0.25) is 0 Å². The summed E-state index contributed by atoms with van der Waals surface area (Å²) in [4.78, 5) is 11.3. The Bertz CT molecular complexity index is 386. The van der Waals surface area contributed by atoms with Crippen LogP contribution in [0, 0.1) is 6.92 Å². The van der Waals surface area contributed by atoms with Gasteiger partial charge in [-0.25, -0.2) is 0 Å². The molecule has 96 valence electrons. The van der Waals surface area contributed by atoms with E-state index in [1.807, 2.05) is 32.9 Å². The fourth-order valence-electron chi connectivity index (χ4n) is 1.98. The minimum absolute atomic E-state index is 0.114. The molecule has 0 saturated heterocycles. The molecule has 17 heavy (non-hydrogen) atoms. The lowest BCUT2D eigenvalue weighted by Crippen LogP contribution is -2.50. The summed E-state index contributed by atoms with van der Waals surface area (Å²) in [7, 11) is 0. The lowest BCUT2D eigenvalue weighted by molar-refractivity contribution is -0.144. The van der Waals surface area contributed by atoms with Crippen LogP contribution >= 0.6 is 0 Å². The van der Waals surface area contributed by atoms with Crippen LogP contribution in [0.5, 0.6) is 0 Å². The summed E-state index contributed by atoms with van der Waals surface area (Å²) >= 11 is 0. The number of nitrogens with one attached hydrogen (secondary N) is 1. The van der Waals surface area contributed by atoms with E-state index in [1.165, 1.54) is 0 Å². The van der Waals surface area contributed by atoms with Crippen molar-refractivity contribution in [3.8, 4) is 0 Å². The summed E-state index contributed by atoms with van der Waals surface area (Å²) in [5.41, 5.74) is -0.908. The molecule has 2 atom stereocenters. The third-order valence-electron chi connectivity index (χ3n) is 2.95. The van der Waals surface area contributed by atoms with Crippen molar-refractivity contribution in [1.82, 2.24) is 5.32 Å². The Kier molecular flexibility index (Phi) is 4.34. The van der Waals surface area contributed by atoms with Crippen LogP contribution in [0.4, 0.5) is 0 Å². The number of carbonyl (C=O) groups is 1. The molecule has 4 nitrogen and oxygen atoms in total. The first kappa shape index (κ1) is 13.8. The van der Waals surface area contributed by atoms with Crippen LogP contribution in [0.25, 0.3) is 0 Å².